The molecule has 0 amide bonds. The predicted molar refractivity (Wildman–Crippen MR) is 42.8 cm³/mol. The Morgan fingerprint density at radius 1 is 1.40 bits per heavy atom. The molecule has 1 aliphatic rings. The molecule has 0 spiro atoms. The summed E-state index contributed by atoms with van der Waals surface area (Å²) in [6.45, 7) is 4.08. The molecule has 0 fully saturated rings. The highest BCUT2D eigenvalue weighted by molar-refractivity contribution is 5.81. The summed E-state index contributed by atoms with van der Waals surface area (Å²) >= 11 is 0. The molecule has 0 bridgehead atoms. The van der Waals surface area contributed by atoms with Gasteiger partial charge in [0.25, 0.3) is 0 Å². The van der Waals surface area contributed by atoms with Gasteiger partial charge in [-0.25, -0.2) is 9.98 Å². The molecule has 0 saturated heterocycles. The van der Waals surface area contributed by atoms with Gasteiger partial charge in [-0.05, 0) is 0 Å². The summed E-state index contributed by atoms with van der Waals surface area (Å²) < 4.78 is 0. The molecule has 1 heterocycles. The van der Waals surface area contributed by atoms with Crippen LogP contribution in [0.3, 0.4) is 0 Å². The van der Waals surface area contributed by atoms with Crippen LogP contribution in [0.1, 0.15) is 13.8 Å². The first-order valence-electron chi connectivity index (χ1n) is 3.17. The van der Waals surface area contributed by atoms with Gasteiger partial charge in [0, 0.05) is 11.8 Å². The Balaban J connectivity index is 2.87. The summed E-state index contributed by atoms with van der Waals surface area (Å²) in [5.41, 5.74) is 0.845. The summed E-state index contributed by atoms with van der Waals surface area (Å²) in [5, 5.41) is 0. The second-order valence-corrected chi connectivity index (χ2v) is 2.29. The Labute approximate surface area is 59.9 Å². The van der Waals surface area contributed by atoms with Crippen LogP contribution in [0, 0.1) is 5.92 Å². The van der Waals surface area contributed by atoms with E-state index < -0.39 is 0 Å². The summed E-state index contributed by atoms with van der Waals surface area (Å²) in [6.07, 6.45) is 2.91. The van der Waals surface area contributed by atoms with E-state index >= 15 is 0 Å². The van der Waals surface area contributed by atoms with Gasteiger partial charge >= 0.3 is 0 Å². The quantitative estimate of drug-likeness (QED) is 0.519. The van der Waals surface area contributed by atoms with Crippen LogP contribution in [0.2, 0.25) is 0 Å². The average Bonchev–Trinajstić information content (AvgIpc) is 2.12. The van der Waals surface area contributed by atoms with Crippen molar-refractivity contribution in [1.29, 1.82) is 0 Å². The van der Waals surface area contributed by atoms with Crippen LogP contribution in [0.4, 0.5) is 0 Å². The molecule has 0 saturated carbocycles. The molecule has 52 valence electrons. The maximum atomic E-state index is 4.01. The Morgan fingerprint density at radius 3 is 2.90 bits per heavy atom. The Hall–Kier alpha value is -1.21. The smallest absolute Gasteiger partial charge is 0.127 e. The van der Waals surface area contributed by atoms with E-state index in [0.717, 1.165) is 5.70 Å². The van der Waals surface area contributed by atoms with E-state index in [1.54, 1.807) is 0 Å². The minimum Gasteiger partial charge on any atom is -0.231 e. The molecular weight excluding hydrogens is 126 g/mol. The first-order valence-corrected chi connectivity index (χ1v) is 3.17. The molecule has 1 rings (SSSR count). The standard InChI is InChI=1S/C7H9N3/c1-6(2)7-3-8-4-9-5-10-7/h4-6H,1-2H3. The van der Waals surface area contributed by atoms with Crippen molar-refractivity contribution in [3.8, 4) is 0 Å². The molecule has 1 aliphatic heterocycles. The van der Waals surface area contributed by atoms with Gasteiger partial charge in [0.05, 0.1) is 0 Å². The monoisotopic (exact) mass is 135 g/mol. The zero-order chi connectivity index (χ0) is 7.40. The third kappa shape index (κ3) is 1.64. The minimum atomic E-state index is 0.363. The summed E-state index contributed by atoms with van der Waals surface area (Å²) in [4.78, 5) is 11.5. The summed E-state index contributed by atoms with van der Waals surface area (Å²) in [6, 6.07) is 0. The van der Waals surface area contributed by atoms with Crippen LogP contribution in [-0.2, 0) is 0 Å². The van der Waals surface area contributed by atoms with Crippen LogP contribution in [-0.4, -0.2) is 18.5 Å². The maximum Gasteiger partial charge on any atom is 0.127 e. The summed E-state index contributed by atoms with van der Waals surface area (Å²) in [5.74, 6) is 3.14. The van der Waals surface area contributed by atoms with Crippen molar-refractivity contribution in [2.75, 3.05) is 0 Å². The molecule has 0 unspecified atom stereocenters. The van der Waals surface area contributed by atoms with Crippen LogP contribution in [0.25, 0.3) is 0 Å². The van der Waals surface area contributed by atoms with Crippen molar-refractivity contribution in [2.45, 2.75) is 13.8 Å². The molecular formula is C7H9N3. The molecule has 10 heavy (non-hydrogen) atoms. The molecule has 0 aromatic heterocycles. The molecule has 0 atom stereocenters. The van der Waals surface area contributed by atoms with Crippen molar-refractivity contribution in [2.24, 2.45) is 20.9 Å². The Bertz CT molecular complexity index is 229. The Morgan fingerprint density at radius 2 is 2.20 bits per heavy atom. The second-order valence-electron chi connectivity index (χ2n) is 2.29. The lowest BCUT2D eigenvalue weighted by molar-refractivity contribution is 0.770. The fourth-order valence-electron chi connectivity index (χ4n) is 0.561. The average molecular weight is 135 g/mol. The second kappa shape index (κ2) is 3.08. The fraction of sp³-hybridized carbons (Fsp3) is 0.429. The molecule has 0 aromatic rings. The molecule has 0 radical (unpaired) electrons. The highest BCUT2D eigenvalue weighted by atomic mass is 14.9. The number of aliphatic imine (C=N–C) groups is 3. The highest BCUT2D eigenvalue weighted by Gasteiger charge is 1.99. The molecule has 3 heteroatoms. The molecule has 0 N–H and O–H groups in total. The lowest BCUT2D eigenvalue weighted by Gasteiger charge is -1.97. The number of hydrogen-bond donors (Lipinski definition) is 0. The molecule has 0 aliphatic carbocycles. The lowest BCUT2D eigenvalue weighted by atomic mass is 10.2. The van der Waals surface area contributed by atoms with Crippen molar-refractivity contribution in [3.63, 3.8) is 0 Å². The van der Waals surface area contributed by atoms with Crippen molar-refractivity contribution < 1.29 is 0 Å². The maximum absolute atomic E-state index is 4.01. The van der Waals surface area contributed by atoms with E-state index in [9.17, 15) is 0 Å². The third-order valence-electron chi connectivity index (χ3n) is 1.11. The predicted octanol–water partition coefficient (Wildman–Crippen LogP) is 1.27. The van der Waals surface area contributed by atoms with E-state index in [2.05, 4.69) is 20.8 Å². The largest absolute Gasteiger partial charge is 0.231 e. The summed E-state index contributed by atoms with van der Waals surface area (Å²) in [7, 11) is 0. The van der Waals surface area contributed by atoms with Gasteiger partial charge in [-0.15, -0.1) is 0 Å². The van der Waals surface area contributed by atoms with Gasteiger partial charge in [0.1, 0.15) is 18.4 Å². The Kier molecular flexibility index (Phi) is 2.13. The molecule has 3 nitrogen and oxygen atoms in total. The van der Waals surface area contributed by atoms with E-state index in [0.29, 0.717) is 5.92 Å². The van der Waals surface area contributed by atoms with E-state index in [1.165, 1.54) is 12.7 Å². The van der Waals surface area contributed by atoms with Crippen molar-refractivity contribution >= 4 is 18.5 Å². The number of rotatable bonds is 1. The lowest BCUT2D eigenvalue weighted by Crippen LogP contribution is -1.90. The third-order valence-corrected chi connectivity index (χ3v) is 1.11. The van der Waals surface area contributed by atoms with Crippen LogP contribution >= 0.6 is 0 Å². The van der Waals surface area contributed by atoms with Crippen LogP contribution in [0.5, 0.6) is 0 Å². The molecule has 0 aromatic carbocycles. The van der Waals surface area contributed by atoms with Gasteiger partial charge in [0.15, 0.2) is 0 Å². The van der Waals surface area contributed by atoms with Crippen LogP contribution < -0.4 is 0 Å². The van der Waals surface area contributed by atoms with E-state index in [4.69, 9.17) is 0 Å². The first-order chi connectivity index (χ1) is 4.80. The fourth-order valence-corrected chi connectivity index (χ4v) is 0.561. The van der Waals surface area contributed by atoms with Gasteiger partial charge in [-0.1, -0.05) is 13.8 Å². The number of nitrogens with zero attached hydrogens (tertiary/aromatic N) is 3. The van der Waals surface area contributed by atoms with Gasteiger partial charge in [-0.2, -0.15) is 4.99 Å². The number of hydrogen-bond acceptors (Lipinski definition) is 3. The normalized spacial score (nSPS) is 15.7. The topological polar surface area (TPSA) is 37.1 Å². The van der Waals surface area contributed by atoms with Crippen molar-refractivity contribution in [1.82, 2.24) is 0 Å². The first kappa shape index (κ1) is 6.90. The highest BCUT2D eigenvalue weighted by Crippen LogP contribution is 2.06. The van der Waals surface area contributed by atoms with E-state index in [1.807, 2.05) is 13.8 Å². The van der Waals surface area contributed by atoms with Crippen molar-refractivity contribution in [3.05, 3.63) is 5.70 Å². The number of allylic oxidation sites excluding steroid dienone is 1. The van der Waals surface area contributed by atoms with Gasteiger partial charge < -0.3 is 0 Å². The van der Waals surface area contributed by atoms with E-state index in [-0.39, 0.29) is 0 Å². The SMILES string of the molecule is CC(C)C1=C=NC=NC=N1. The minimum absolute atomic E-state index is 0.363. The van der Waals surface area contributed by atoms with Gasteiger partial charge in [0.2, 0.25) is 0 Å². The van der Waals surface area contributed by atoms with Gasteiger partial charge in [-0.3, -0.25) is 0 Å². The van der Waals surface area contributed by atoms with Crippen LogP contribution in [0.15, 0.2) is 20.7 Å². The zero-order valence-corrected chi connectivity index (χ0v) is 6.07. The zero-order valence-electron chi connectivity index (χ0n) is 6.07.